The molecule has 0 unspecified atom stereocenters. The third-order valence-electron chi connectivity index (χ3n) is 4.33. The number of Topliss-reactive ketones (excluding diaryl/α,β-unsaturated/α-hetero) is 1. The molecule has 0 fully saturated rings. The molecule has 0 aliphatic carbocycles. The normalized spacial score (nSPS) is 11.0. The molecule has 140 valence electrons. The van der Waals surface area contributed by atoms with Crippen molar-refractivity contribution in [2.45, 2.75) is 67.2 Å². The first-order valence-electron chi connectivity index (χ1n) is 8.63. The van der Waals surface area contributed by atoms with E-state index < -0.39 is 0 Å². The van der Waals surface area contributed by atoms with Gasteiger partial charge in [0.1, 0.15) is 11.5 Å². The number of ketones is 1. The molecule has 0 aromatic heterocycles. The van der Waals surface area contributed by atoms with E-state index in [9.17, 15) is 9.90 Å². The van der Waals surface area contributed by atoms with Crippen LogP contribution in [0.3, 0.4) is 0 Å². The summed E-state index contributed by atoms with van der Waals surface area (Å²) in [5, 5.41) is 10.8. The Labute approximate surface area is 153 Å². The molecule has 0 saturated carbocycles. The molecule has 1 rings (SSSR count). The van der Waals surface area contributed by atoms with Crippen molar-refractivity contribution in [1.82, 2.24) is 0 Å². The number of methoxy groups -OCH3 is 1. The van der Waals surface area contributed by atoms with Crippen molar-refractivity contribution in [3.63, 3.8) is 0 Å². The molecular formula is C22H34O3. The number of benzene rings is 1. The molecule has 0 bridgehead atoms. The van der Waals surface area contributed by atoms with Crippen LogP contribution < -0.4 is 4.74 Å². The van der Waals surface area contributed by atoms with Gasteiger partial charge in [-0.1, -0.05) is 39.0 Å². The number of carbonyl (C=O) groups is 1. The van der Waals surface area contributed by atoms with Crippen LogP contribution in [-0.4, -0.2) is 18.0 Å². The average molecular weight is 347 g/mol. The summed E-state index contributed by atoms with van der Waals surface area (Å²) >= 11 is 0. The number of carbonyl (C=O) groups excluding carboxylic acids is 1. The van der Waals surface area contributed by atoms with Gasteiger partial charge in [0.05, 0.1) is 12.7 Å². The smallest absolute Gasteiger partial charge is 0.166 e. The van der Waals surface area contributed by atoms with E-state index >= 15 is 0 Å². The Kier molecular flexibility index (Phi) is 9.88. The molecule has 0 heterocycles. The summed E-state index contributed by atoms with van der Waals surface area (Å²) in [7, 11) is 1.61. The van der Waals surface area contributed by atoms with Crippen LogP contribution in [0.1, 0.15) is 74.5 Å². The van der Waals surface area contributed by atoms with Crippen LogP contribution >= 0.6 is 0 Å². The summed E-state index contributed by atoms with van der Waals surface area (Å²) in [6, 6.07) is 0. The second-order valence-corrected chi connectivity index (χ2v) is 6.11. The molecule has 0 atom stereocenters. The number of rotatable bonds is 9. The first kappa shape index (κ1) is 23.0. The molecule has 1 aromatic rings. The molecule has 0 amide bonds. The van der Waals surface area contributed by atoms with Crippen LogP contribution in [0.2, 0.25) is 0 Å². The van der Waals surface area contributed by atoms with Crippen molar-refractivity contribution in [1.29, 1.82) is 0 Å². The Morgan fingerprint density at radius 3 is 2.40 bits per heavy atom. The fourth-order valence-electron chi connectivity index (χ4n) is 3.10. The SMILES string of the molecule is C.C=CC/C(C)=C/Cc1c(O)c(C(=O)CCC)c(CC)c(C)c1OC. The van der Waals surface area contributed by atoms with Crippen LogP contribution in [0, 0.1) is 6.92 Å². The highest BCUT2D eigenvalue weighted by molar-refractivity contribution is 6.01. The van der Waals surface area contributed by atoms with Crippen LogP contribution in [0.25, 0.3) is 0 Å². The van der Waals surface area contributed by atoms with E-state index in [-0.39, 0.29) is 19.0 Å². The topological polar surface area (TPSA) is 46.5 Å². The first-order valence-corrected chi connectivity index (χ1v) is 8.63. The summed E-state index contributed by atoms with van der Waals surface area (Å²) in [5.41, 5.74) is 4.17. The third kappa shape index (κ3) is 5.22. The van der Waals surface area contributed by atoms with Gasteiger partial charge in [-0.2, -0.15) is 0 Å². The van der Waals surface area contributed by atoms with Crippen molar-refractivity contribution in [2.24, 2.45) is 0 Å². The van der Waals surface area contributed by atoms with Gasteiger partial charge in [-0.25, -0.2) is 0 Å². The highest BCUT2D eigenvalue weighted by Gasteiger charge is 2.24. The second-order valence-electron chi connectivity index (χ2n) is 6.11. The zero-order valence-corrected chi connectivity index (χ0v) is 15.7. The zero-order valence-electron chi connectivity index (χ0n) is 15.7. The molecule has 1 N–H and O–H groups in total. The van der Waals surface area contributed by atoms with Gasteiger partial charge >= 0.3 is 0 Å². The van der Waals surface area contributed by atoms with Crippen molar-refractivity contribution in [3.8, 4) is 11.5 Å². The van der Waals surface area contributed by atoms with Crippen molar-refractivity contribution in [3.05, 3.63) is 46.6 Å². The van der Waals surface area contributed by atoms with E-state index in [4.69, 9.17) is 4.74 Å². The predicted octanol–water partition coefficient (Wildman–Crippen LogP) is 5.96. The van der Waals surface area contributed by atoms with Gasteiger partial charge in [-0.15, -0.1) is 6.58 Å². The quantitative estimate of drug-likeness (QED) is 0.443. The number of phenolic OH excluding ortho intramolecular Hbond substituents is 1. The summed E-state index contributed by atoms with van der Waals surface area (Å²) in [4.78, 5) is 12.6. The minimum absolute atomic E-state index is 0. The van der Waals surface area contributed by atoms with Crippen LogP contribution in [0.5, 0.6) is 11.5 Å². The molecule has 0 spiro atoms. The van der Waals surface area contributed by atoms with E-state index in [1.807, 2.05) is 33.8 Å². The number of aromatic hydroxyl groups is 1. The maximum absolute atomic E-state index is 12.6. The monoisotopic (exact) mass is 346 g/mol. The minimum atomic E-state index is 0. The summed E-state index contributed by atoms with van der Waals surface area (Å²) in [5.74, 6) is 0.765. The number of hydrogen-bond acceptors (Lipinski definition) is 3. The van der Waals surface area contributed by atoms with Crippen LogP contribution in [0.4, 0.5) is 0 Å². The average Bonchev–Trinajstić information content (AvgIpc) is 2.55. The summed E-state index contributed by atoms with van der Waals surface area (Å²) in [6.45, 7) is 11.7. The van der Waals surface area contributed by atoms with Gasteiger partial charge in [0, 0.05) is 12.0 Å². The lowest BCUT2D eigenvalue weighted by atomic mass is 9.89. The van der Waals surface area contributed by atoms with E-state index in [1.54, 1.807) is 7.11 Å². The number of ether oxygens (including phenoxy) is 1. The molecule has 25 heavy (non-hydrogen) atoms. The molecule has 3 heteroatoms. The van der Waals surface area contributed by atoms with E-state index in [0.29, 0.717) is 36.1 Å². The molecule has 0 aliphatic rings. The number of phenols is 1. The molecule has 0 radical (unpaired) electrons. The van der Waals surface area contributed by atoms with E-state index in [0.717, 1.165) is 24.0 Å². The summed E-state index contributed by atoms with van der Waals surface area (Å²) in [6.07, 6.45) is 7.13. The Morgan fingerprint density at radius 2 is 1.92 bits per heavy atom. The lowest BCUT2D eigenvalue weighted by Crippen LogP contribution is -2.09. The lowest BCUT2D eigenvalue weighted by Gasteiger charge is -2.20. The lowest BCUT2D eigenvalue weighted by molar-refractivity contribution is 0.0978. The van der Waals surface area contributed by atoms with Crippen molar-refractivity contribution in [2.75, 3.05) is 7.11 Å². The van der Waals surface area contributed by atoms with Crippen LogP contribution in [-0.2, 0) is 12.8 Å². The second kappa shape index (κ2) is 10.8. The van der Waals surface area contributed by atoms with Crippen molar-refractivity contribution < 1.29 is 14.6 Å². The Hall–Kier alpha value is -2.03. The molecule has 0 aliphatic heterocycles. The maximum atomic E-state index is 12.6. The highest BCUT2D eigenvalue weighted by Crippen LogP contribution is 2.40. The van der Waals surface area contributed by atoms with Gasteiger partial charge in [0.15, 0.2) is 5.78 Å². The first-order chi connectivity index (χ1) is 11.4. The Bertz CT molecular complexity index is 639. The predicted molar refractivity (Wildman–Crippen MR) is 107 cm³/mol. The third-order valence-corrected chi connectivity index (χ3v) is 4.33. The van der Waals surface area contributed by atoms with Gasteiger partial charge in [0.25, 0.3) is 0 Å². The largest absolute Gasteiger partial charge is 0.507 e. The van der Waals surface area contributed by atoms with Gasteiger partial charge in [-0.05, 0) is 50.7 Å². The molecule has 0 saturated heterocycles. The maximum Gasteiger partial charge on any atom is 0.166 e. The fourth-order valence-corrected chi connectivity index (χ4v) is 3.10. The molecule has 3 nitrogen and oxygen atoms in total. The Morgan fingerprint density at radius 1 is 1.28 bits per heavy atom. The highest BCUT2D eigenvalue weighted by atomic mass is 16.5. The summed E-state index contributed by atoms with van der Waals surface area (Å²) < 4.78 is 5.57. The Balaban J connectivity index is 0.00000576. The van der Waals surface area contributed by atoms with Gasteiger partial charge in [0.2, 0.25) is 0 Å². The number of allylic oxidation sites excluding steroid dienone is 3. The standard InChI is InChI=1S/C21H30O3.CH4/c1-7-10-14(4)12-13-17-20(23)19(18(22)11-8-2)16(9-3)15(5)21(17)24-6;/h7,12,23H,1,8-11,13H2,2-6H3;1H4/b14-12+;. The van der Waals surface area contributed by atoms with E-state index in [1.165, 1.54) is 5.57 Å². The fraction of sp³-hybridized carbons (Fsp3) is 0.500. The van der Waals surface area contributed by atoms with Crippen molar-refractivity contribution >= 4 is 5.78 Å². The molecular weight excluding hydrogens is 312 g/mol. The van der Waals surface area contributed by atoms with Gasteiger partial charge in [-0.3, -0.25) is 4.79 Å². The van der Waals surface area contributed by atoms with Crippen LogP contribution in [0.15, 0.2) is 24.3 Å². The van der Waals surface area contributed by atoms with E-state index in [2.05, 4.69) is 12.7 Å². The number of hydrogen-bond donors (Lipinski definition) is 1. The minimum Gasteiger partial charge on any atom is -0.507 e. The molecule has 1 aromatic carbocycles. The zero-order chi connectivity index (χ0) is 18.3. The van der Waals surface area contributed by atoms with Gasteiger partial charge < -0.3 is 9.84 Å².